The van der Waals surface area contributed by atoms with E-state index in [0.717, 1.165) is 12.1 Å². The molecule has 0 unspecified atom stereocenters. The van der Waals surface area contributed by atoms with Gasteiger partial charge in [0.2, 0.25) is 10.0 Å². The number of rotatable bonds is 6. The Labute approximate surface area is 124 Å². The fraction of sp³-hybridized carbons (Fsp3) is 0.385. The number of nitrogens with two attached hydrogens (primary N) is 1. The summed E-state index contributed by atoms with van der Waals surface area (Å²) >= 11 is 0. The van der Waals surface area contributed by atoms with Crippen molar-refractivity contribution >= 4 is 15.8 Å². The lowest BCUT2D eigenvalue weighted by molar-refractivity contribution is 0.578. The summed E-state index contributed by atoms with van der Waals surface area (Å²) in [5, 5.41) is 4.00. The Morgan fingerprint density at radius 2 is 2.14 bits per heavy atom. The van der Waals surface area contributed by atoms with E-state index in [9.17, 15) is 8.42 Å². The van der Waals surface area contributed by atoms with Crippen LogP contribution in [0.3, 0.4) is 0 Å². The van der Waals surface area contributed by atoms with Crippen molar-refractivity contribution < 1.29 is 8.42 Å². The molecule has 0 aliphatic heterocycles. The molecule has 2 aromatic rings. The van der Waals surface area contributed by atoms with Gasteiger partial charge in [-0.3, -0.25) is 9.67 Å². The van der Waals surface area contributed by atoms with Crippen molar-refractivity contribution in [2.75, 3.05) is 5.73 Å². The predicted molar refractivity (Wildman–Crippen MR) is 79.9 cm³/mol. The normalized spacial score (nSPS) is 11.7. The average Bonchev–Trinajstić information content (AvgIpc) is 2.79. The summed E-state index contributed by atoms with van der Waals surface area (Å²) in [5.74, 6) is 0.00755. The molecule has 0 aromatic carbocycles. The highest BCUT2D eigenvalue weighted by Gasteiger charge is 2.20. The Morgan fingerprint density at radius 3 is 2.81 bits per heavy atom. The molecule has 0 radical (unpaired) electrons. The van der Waals surface area contributed by atoms with Gasteiger partial charge < -0.3 is 5.73 Å². The van der Waals surface area contributed by atoms with Crippen molar-refractivity contribution in [3.63, 3.8) is 0 Å². The molecule has 2 heterocycles. The van der Waals surface area contributed by atoms with E-state index >= 15 is 0 Å². The van der Waals surface area contributed by atoms with Crippen LogP contribution in [0.4, 0.5) is 5.82 Å². The number of sulfonamides is 1. The Kier molecular flexibility index (Phi) is 4.59. The minimum Gasteiger partial charge on any atom is -0.381 e. The molecule has 0 aliphatic carbocycles. The van der Waals surface area contributed by atoms with Crippen LogP contribution in [0.1, 0.15) is 24.7 Å². The van der Waals surface area contributed by atoms with Gasteiger partial charge >= 0.3 is 0 Å². The Balaban J connectivity index is 2.15. The van der Waals surface area contributed by atoms with Gasteiger partial charge in [-0.2, -0.15) is 5.10 Å². The first-order chi connectivity index (χ1) is 9.92. The van der Waals surface area contributed by atoms with E-state index in [1.807, 2.05) is 26.0 Å². The first-order valence-corrected chi connectivity index (χ1v) is 8.16. The monoisotopic (exact) mass is 309 g/mol. The van der Waals surface area contributed by atoms with Crippen LogP contribution < -0.4 is 10.5 Å². The zero-order valence-corrected chi connectivity index (χ0v) is 12.9. The van der Waals surface area contributed by atoms with E-state index in [2.05, 4.69) is 14.8 Å². The summed E-state index contributed by atoms with van der Waals surface area (Å²) in [6.07, 6.45) is 2.30. The Bertz CT molecular complexity index is 724. The largest absolute Gasteiger partial charge is 0.381 e. The third kappa shape index (κ3) is 3.79. The van der Waals surface area contributed by atoms with Crippen LogP contribution in [0.15, 0.2) is 29.3 Å². The molecule has 0 aliphatic rings. The third-order valence-corrected chi connectivity index (χ3v) is 4.30. The SMILES string of the molecule is CCCn1cc(S(=O)(=O)NCc2cccc(C)n2)c(N)n1. The lowest BCUT2D eigenvalue weighted by atomic mass is 10.3. The topological polar surface area (TPSA) is 103 Å². The van der Waals surface area contributed by atoms with E-state index in [0.29, 0.717) is 12.2 Å². The number of nitrogen functional groups attached to an aromatic ring is 1. The molecule has 2 aromatic heterocycles. The molecule has 0 fully saturated rings. The zero-order valence-electron chi connectivity index (χ0n) is 12.1. The van der Waals surface area contributed by atoms with Gasteiger partial charge in [0.15, 0.2) is 5.82 Å². The number of nitrogens with zero attached hydrogens (tertiary/aromatic N) is 3. The molecule has 0 saturated heterocycles. The molecule has 0 saturated carbocycles. The third-order valence-electron chi connectivity index (χ3n) is 2.89. The van der Waals surface area contributed by atoms with E-state index in [1.54, 1.807) is 6.07 Å². The molecule has 0 atom stereocenters. The zero-order chi connectivity index (χ0) is 15.5. The predicted octanol–water partition coefficient (Wildman–Crippen LogP) is 1.06. The molecule has 114 valence electrons. The van der Waals surface area contributed by atoms with Gasteiger partial charge in [0, 0.05) is 18.4 Å². The van der Waals surface area contributed by atoms with E-state index in [-0.39, 0.29) is 17.3 Å². The van der Waals surface area contributed by atoms with Crippen molar-refractivity contribution in [2.24, 2.45) is 0 Å². The van der Waals surface area contributed by atoms with Crippen LogP contribution in [0, 0.1) is 6.92 Å². The van der Waals surface area contributed by atoms with Crippen molar-refractivity contribution in [1.82, 2.24) is 19.5 Å². The summed E-state index contributed by atoms with van der Waals surface area (Å²) in [7, 11) is -3.70. The van der Waals surface area contributed by atoms with Crippen LogP contribution in [-0.4, -0.2) is 23.2 Å². The van der Waals surface area contributed by atoms with Crippen LogP contribution in [0.5, 0.6) is 0 Å². The van der Waals surface area contributed by atoms with Crippen molar-refractivity contribution in [1.29, 1.82) is 0 Å². The van der Waals surface area contributed by atoms with E-state index < -0.39 is 10.0 Å². The highest BCUT2D eigenvalue weighted by molar-refractivity contribution is 7.89. The van der Waals surface area contributed by atoms with Crippen molar-refractivity contribution in [2.45, 2.75) is 38.3 Å². The van der Waals surface area contributed by atoms with Crippen molar-refractivity contribution in [3.8, 4) is 0 Å². The summed E-state index contributed by atoms with van der Waals surface area (Å²) in [5.41, 5.74) is 7.17. The van der Waals surface area contributed by atoms with E-state index in [1.165, 1.54) is 10.9 Å². The second-order valence-electron chi connectivity index (χ2n) is 4.74. The number of hydrogen-bond donors (Lipinski definition) is 2. The molecule has 0 spiro atoms. The fourth-order valence-corrected chi connectivity index (χ4v) is 2.98. The van der Waals surface area contributed by atoms with Gasteiger partial charge in [0.05, 0.1) is 12.2 Å². The molecule has 0 bridgehead atoms. The quantitative estimate of drug-likeness (QED) is 0.830. The molecule has 7 nitrogen and oxygen atoms in total. The number of nitrogens with one attached hydrogen (secondary N) is 1. The average molecular weight is 309 g/mol. The van der Waals surface area contributed by atoms with Gasteiger partial charge in [-0.15, -0.1) is 0 Å². The van der Waals surface area contributed by atoms with Gasteiger partial charge in [0.1, 0.15) is 4.90 Å². The van der Waals surface area contributed by atoms with Crippen LogP contribution in [0.2, 0.25) is 0 Å². The molecule has 2 rings (SSSR count). The lowest BCUT2D eigenvalue weighted by Gasteiger charge is -2.05. The number of aryl methyl sites for hydroxylation is 2. The minimum atomic E-state index is -3.70. The fourth-order valence-electron chi connectivity index (χ4n) is 1.91. The summed E-state index contributed by atoms with van der Waals surface area (Å²) < 4.78 is 28.5. The molecule has 3 N–H and O–H groups in total. The summed E-state index contributed by atoms with van der Waals surface area (Å²) in [6, 6.07) is 5.45. The standard InChI is InChI=1S/C13H19N5O2S/c1-3-7-18-9-12(13(14)17-18)21(19,20)15-8-11-6-4-5-10(2)16-11/h4-6,9,15H,3,7-8H2,1-2H3,(H2,14,17). The number of pyridine rings is 1. The maximum absolute atomic E-state index is 12.3. The number of anilines is 1. The minimum absolute atomic E-state index is 0.00334. The second-order valence-corrected chi connectivity index (χ2v) is 6.47. The number of aromatic nitrogens is 3. The summed E-state index contributed by atoms with van der Waals surface area (Å²) in [6.45, 7) is 4.57. The van der Waals surface area contributed by atoms with Gasteiger partial charge in [0.25, 0.3) is 0 Å². The van der Waals surface area contributed by atoms with Crippen LogP contribution in [-0.2, 0) is 23.1 Å². The summed E-state index contributed by atoms with van der Waals surface area (Å²) in [4.78, 5) is 4.25. The number of hydrogen-bond acceptors (Lipinski definition) is 5. The molecule has 0 amide bonds. The second kappa shape index (κ2) is 6.23. The smallest absolute Gasteiger partial charge is 0.246 e. The lowest BCUT2D eigenvalue weighted by Crippen LogP contribution is -2.24. The van der Waals surface area contributed by atoms with Crippen LogP contribution >= 0.6 is 0 Å². The van der Waals surface area contributed by atoms with Gasteiger partial charge in [-0.1, -0.05) is 13.0 Å². The molecular weight excluding hydrogens is 290 g/mol. The highest BCUT2D eigenvalue weighted by Crippen LogP contribution is 2.16. The maximum atomic E-state index is 12.3. The Hall–Kier alpha value is -1.93. The molecular formula is C13H19N5O2S. The van der Waals surface area contributed by atoms with Crippen molar-refractivity contribution in [3.05, 3.63) is 35.8 Å². The molecule has 8 heteroatoms. The van der Waals surface area contributed by atoms with Crippen LogP contribution in [0.25, 0.3) is 0 Å². The maximum Gasteiger partial charge on any atom is 0.246 e. The van der Waals surface area contributed by atoms with Gasteiger partial charge in [-0.25, -0.2) is 13.1 Å². The Morgan fingerprint density at radius 1 is 1.38 bits per heavy atom. The molecule has 21 heavy (non-hydrogen) atoms. The first-order valence-electron chi connectivity index (χ1n) is 6.67. The first kappa shape index (κ1) is 15.5. The van der Waals surface area contributed by atoms with E-state index in [4.69, 9.17) is 5.73 Å². The van der Waals surface area contributed by atoms with Gasteiger partial charge in [-0.05, 0) is 25.5 Å². The highest BCUT2D eigenvalue weighted by atomic mass is 32.2.